The summed E-state index contributed by atoms with van der Waals surface area (Å²) >= 11 is 0. The van der Waals surface area contributed by atoms with Crippen molar-refractivity contribution in [3.8, 4) is 0 Å². The van der Waals surface area contributed by atoms with Crippen LogP contribution in [0.15, 0.2) is 53.5 Å². The molecule has 1 heterocycles. The molecule has 98 valence electrons. The number of hydrogen-bond donors (Lipinski definition) is 0. The van der Waals surface area contributed by atoms with Crippen molar-refractivity contribution in [3.63, 3.8) is 0 Å². The van der Waals surface area contributed by atoms with Gasteiger partial charge in [-0.15, -0.1) is 0 Å². The Morgan fingerprint density at radius 2 is 1.84 bits per heavy atom. The number of carbonyl (C=O) groups excluding carboxylic acids is 1. The molecule has 1 aromatic rings. The Morgan fingerprint density at radius 3 is 2.58 bits per heavy atom. The molecule has 0 aromatic heterocycles. The van der Waals surface area contributed by atoms with Crippen LogP contribution in [0.4, 0.5) is 5.69 Å². The van der Waals surface area contributed by atoms with E-state index in [1.54, 1.807) is 53.5 Å². The minimum atomic E-state index is -3.44. The Morgan fingerprint density at radius 1 is 1.16 bits per heavy atom. The molecule has 0 spiro atoms. The van der Waals surface area contributed by atoms with Crippen LogP contribution in [0.1, 0.15) is 6.92 Å². The summed E-state index contributed by atoms with van der Waals surface area (Å²) in [6, 6.07) is 6.20. The molecule has 0 saturated heterocycles. The molecule has 0 N–H and O–H groups in total. The summed E-state index contributed by atoms with van der Waals surface area (Å²) in [5.41, 5.74) is 0.469. The van der Waals surface area contributed by atoms with Gasteiger partial charge in [0.25, 0.3) is 0 Å². The Labute approximate surface area is 112 Å². The zero-order chi connectivity index (χ0) is 13.6. The van der Waals surface area contributed by atoms with Crippen LogP contribution in [0, 0.1) is 0 Å². The lowest BCUT2D eigenvalue weighted by molar-refractivity contribution is -0.116. The van der Waals surface area contributed by atoms with Crippen molar-refractivity contribution < 1.29 is 13.2 Å². The molecule has 1 aromatic carbocycles. The van der Waals surface area contributed by atoms with Gasteiger partial charge in [0.05, 0.1) is 16.6 Å². The van der Waals surface area contributed by atoms with Crippen molar-refractivity contribution in [1.29, 1.82) is 0 Å². The molecule has 1 amide bonds. The third-order valence-corrected chi connectivity index (χ3v) is 5.59. The number of fused-ring (bicyclic) bond motifs is 2. The topological polar surface area (TPSA) is 54.5 Å². The molecule has 0 saturated carbocycles. The number of benzene rings is 1. The molecular formula is C14H13NO3S. The first-order valence-electron chi connectivity index (χ1n) is 6.01. The molecular weight excluding hydrogens is 262 g/mol. The number of nitrogens with zero attached hydrogens (tertiary/aromatic N) is 1. The van der Waals surface area contributed by atoms with Crippen LogP contribution in [-0.2, 0) is 14.6 Å². The van der Waals surface area contributed by atoms with Crippen LogP contribution < -0.4 is 4.90 Å². The highest BCUT2D eigenvalue weighted by atomic mass is 32.2. The molecule has 1 aliphatic carbocycles. The van der Waals surface area contributed by atoms with Crippen LogP contribution in [-0.4, -0.2) is 25.6 Å². The third kappa shape index (κ3) is 1.65. The van der Waals surface area contributed by atoms with Crippen LogP contribution >= 0.6 is 0 Å². The highest BCUT2D eigenvalue weighted by Crippen LogP contribution is 2.39. The molecule has 0 radical (unpaired) electrons. The number of anilines is 1. The number of hydrogen-bond acceptors (Lipinski definition) is 3. The van der Waals surface area contributed by atoms with Crippen molar-refractivity contribution in [2.45, 2.75) is 23.1 Å². The molecule has 4 nitrogen and oxygen atoms in total. The van der Waals surface area contributed by atoms with Crippen LogP contribution in [0.5, 0.6) is 0 Å². The lowest BCUT2D eigenvalue weighted by Crippen LogP contribution is -2.52. The second kappa shape index (κ2) is 4.06. The summed E-state index contributed by atoms with van der Waals surface area (Å²) in [6.07, 6.45) is 6.90. The molecule has 1 aliphatic heterocycles. The van der Waals surface area contributed by atoms with E-state index in [1.807, 2.05) is 0 Å². The number of sulfone groups is 1. The minimum absolute atomic E-state index is 0.155. The van der Waals surface area contributed by atoms with Gasteiger partial charge in [0.15, 0.2) is 9.84 Å². The number of allylic oxidation sites excluding steroid dienone is 2. The zero-order valence-electron chi connectivity index (χ0n) is 10.4. The fourth-order valence-corrected chi connectivity index (χ4v) is 4.58. The largest absolute Gasteiger partial charge is 0.303 e. The molecule has 2 atom stereocenters. The van der Waals surface area contributed by atoms with Gasteiger partial charge in [0.1, 0.15) is 5.25 Å². The van der Waals surface area contributed by atoms with Gasteiger partial charge in [-0.1, -0.05) is 36.4 Å². The predicted octanol–water partition coefficient (Wildman–Crippen LogP) is 1.69. The summed E-state index contributed by atoms with van der Waals surface area (Å²) in [5, 5.41) is -0.698. The first kappa shape index (κ1) is 12.2. The number of carbonyl (C=O) groups is 1. The fourth-order valence-electron chi connectivity index (χ4n) is 2.68. The van der Waals surface area contributed by atoms with Gasteiger partial charge in [0, 0.05) is 6.92 Å². The van der Waals surface area contributed by atoms with E-state index < -0.39 is 21.1 Å². The first-order chi connectivity index (χ1) is 9.03. The van der Waals surface area contributed by atoms with Crippen molar-refractivity contribution >= 4 is 21.4 Å². The predicted molar refractivity (Wildman–Crippen MR) is 72.6 cm³/mol. The Bertz CT molecular complexity index is 703. The van der Waals surface area contributed by atoms with E-state index in [-0.39, 0.29) is 10.8 Å². The number of amides is 1. The van der Waals surface area contributed by atoms with Gasteiger partial charge in [-0.2, -0.15) is 0 Å². The maximum Gasteiger partial charge on any atom is 0.224 e. The quantitative estimate of drug-likeness (QED) is 0.724. The van der Waals surface area contributed by atoms with Gasteiger partial charge in [0.2, 0.25) is 5.91 Å². The summed E-state index contributed by atoms with van der Waals surface area (Å²) < 4.78 is 25.2. The lowest BCUT2D eigenvalue weighted by Gasteiger charge is -2.39. The average molecular weight is 275 g/mol. The molecule has 19 heavy (non-hydrogen) atoms. The minimum Gasteiger partial charge on any atom is -0.303 e. The summed E-state index contributed by atoms with van der Waals surface area (Å²) in [4.78, 5) is 13.7. The smallest absolute Gasteiger partial charge is 0.224 e. The second-order valence-electron chi connectivity index (χ2n) is 4.63. The van der Waals surface area contributed by atoms with Gasteiger partial charge < -0.3 is 4.90 Å². The van der Waals surface area contributed by atoms with Crippen molar-refractivity contribution in [2.24, 2.45) is 0 Å². The van der Waals surface area contributed by atoms with Gasteiger partial charge >= 0.3 is 0 Å². The fraction of sp³-hybridized carbons (Fsp3) is 0.214. The number of rotatable bonds is 0. The Kier molecular flexibility index (Phi) is 2.60. The summed E-state index contributed by atoms with van der Waals surface area (Å²) in [6.45, 7) is 1.46. The maximum absolute atomic E-state index is 12.6. The third-order valence-electron chi connectivity index (χ3n) is 3.48. The van der Waals surface area contributed by atoms with Gasteiger partial charge in [-0.25, -0.2) is 8.42 Å². The Hall–Kier alpha value is -1.88. The van der Waals surface area contributed by atoms with E-state index in [4.69, 9.17) is 0 Å². The average Bonchev–Trinajstić information content (AvgIpc) is 2.39. The highest BCUT2D eigenvalue weighted by molar-refractivity contribution is 7.92. The molecule has 0 fully saturated rings. The van der Waals surface area contributed by atoms with E-state index in [0.29, 0.717) is 5.69 Å². The standard InChI is InChI=1S/C14H13NO3S/c1-10(16)15-11-6-2-4-8-13(11)19(17,18)14-9-5-3-7-12(14)15/h2-9,11,13H,1H3/t11-,13+/m1/s1. The first-order valence-corrected chi connectivity index (χ1v) is 7.56. The molecule has 2 aliphatic rings. The lowest BCUT2D eigenvalue weighted by atomic mass is 10.0. The molecule has 3 rings (SSSR count). The zero-order valence-corrected chi connectivity index (χ0v) is 11.2. The van der Waals surface area contributed by atoms with Crippen molar-refractivity contribution in [1.82, 2.24) is 0 Å². The SMILES string of the molecule is CC(=O)N1c2ccccc2S(=O)(=O)[C@H]2C=CC=C[C@H]21. The van der Waals surface area contributed by atoms with Crippen molar-refractivity contribution in [2.75, 3.05) is 4.90 Å². The summed E-state index contributed by atoms with van der Waals surface area (Å²) in [5.74, 6) is -0.155. The Balaban J connectivity index is 2.31. The van der Waals surface area contributed by atoms with E-state index >= 15 is 0 Å². The van der Waals surface area contributed by atoms with E-state index in [0.717, 1.165) is 0 Å². The van der Waals surface area contributed by atoms with Crippen LogP contribution in [0.3, 0.4) is 0 Å². The van der Waals surface area contributed by atoms with Crippen LogP contribution in [0.25, 0.3) is 0 Å². The molecule has 0 bridgehead atoms. The highest BCUT2D eigenvalue weighted by Gasteiger charge is 2.44. The van der Waals surface area contributed by atoms with Gasteiger partial charge in [-0.3, -0.25) is 4.79 Å². The summed E-state index contributed by atoms with van der Waals surface area (Å²) in [7, 11) is -3.44. The van der Waals surface area contributed by atoms with Gasteiger partial charge in [-0.05, 0) is 12.1 Å². The van der Waals surface area contributed by atoms with Crippen molar-refractivity contribution in [3.05, 3.63) is 48.6 Å². The van der Waals surface area contributed by atoms with Crippen LogP contribution in [0.2, 0.25) is 0 Å². The van der Waals surface area contributed by atoms with E-state index in [9.17, 15) is 13.2 Å². The van der Waals surface area contributed by atoms with E-state index in [1.165, 1.54) is 6.92 Å². The number of para-hydroxylation sites is 1. The van der Waals surface area contributed by atoms with E-state index in [2.05, 4.69) is 0 Å². The monoisotopic (exact) mass is 275 g/mol. The second-order valence-corrected chi connectivity index (χ2v) is 6.70. The molecule has 0 unspecified atom stereocenters. The molecule has 5 heteroatoms. The maximum atomic E-state index is 12.6. The normalized spacial score (nSPS) is 26.7.